The number of rotatable bonds is 10. The number of carbonyl (C=O) groups is 3. The number of alkyl carbamates (subject to hydrolysis) is 1. The molecule has 0 aliphatic carbocycles. The van der Waals surface area contributed by atoms with Crippen LogP contribution in [0, 0.1) is 0 Å². The maximum absolute atomic E-state index is 13.7. The number of nitrogens with one attached hydrogen (secondary N) is 2. The first-order chi connectivity index (χ1) is 19.7. The molecule has 0 saturated carbocycles. The van der Waals surface area contributed by atoms with E-state index in [1.165, 1.54) is 0 Å². The number of fused-ring (bicyclic) bond motifs is 1. The van der Waals surface area contributed by atoms with Gasteiger partial charge in [-0.2, -0.15) is 0 Å². The summed E-state index contributed by atoms with van der Waals surface area (Å²) in [6, 6.07) is 30.5. The number of esters is 1. The summed E-state index contributed by atoms with van der Waals surface area (Å²) in [6.45, 7) is 5.33. The van der Waals surface area contributed by atoms with Crippen molar-refractivity contribution in [2.75, 3.05) is 0 Å². The van der Waals surface area contributed by atoms with Crippen molar-refractivity contribution in [1.29, 1.82) is 0 Å². The molecule has 0 radical (unpaired) electrons. The summed E-state index contributed by atoms with van der Waals surface area (Å²) in [5, 5.41) is 7.58. The lowest BCUT2D eigenvalue weighted by atomic mass is 9.98. The summed E-state index contributed by atoms with van der Waals surface area (Å²) < 4.78 is 11.1. The van der Waals surface area contributed by atoms with Crippen molar-refractivity contribution in [3.8, 4) is 0 Å². The van der Waals surface area contributed by atoms with E-state index in [-0.39, 0.29) is 19.4 Å². The Morgan fingerprint density at radius 1 is 0.683 bits per heavy atom. The van der Waals surface area contributed by atoms with Crippen molar-refractivity contribution in [2.24, 2.45) is 0 Å². The molecule has 0 spiro atoms. The van der Waals surface area contributed by atoms with Gasteiger partial charge < -0.3 is 20.1 Å². The molecule has 0 aliphatic heterocycles. The van der Waals surface area contributed by atoms with E-state index in [4.69, 9.17) is 9.47 Å². The average Bonchev–Trinajstić information content (AvgIpc) is 2.95. The molecule has 0 fully saturated rings. The van der Waals surface area contributed by atoms with Crippen molar-refractivity contribution < 1.29 is 23.9 Å². The Kier molecular flexibility index (Phi) is 9.74. The molecular weight excluding hydrogens is 516 g/mol. The minimum Gasteiger partial charge on any atom is -0.459 e. The van der Waals surface area contributed by atoms with Crippen molar-refractivity contribution in [2.45, 2.75) is 57.9 Å². The van der Waals surface area contributed by atoms with E-state index >= 15 is 0 Å². The Balaban J connectivity index is 1.58. The third-order valence-electron chi connectivity index (χ3n) is 6.42. The molecule has 7 heteroatoms. The summed E-state index contributed by atoms with van der Waals surface area (Å²) in [4.78, 5) is 39.8. The molecule has 4 aromatic rings. The van der Waals surface area contributed by atoms with Crippen LogP contribution in [-0.4, -0.2) is 35.7 Å². The Labute approximate surface area is 240 Å². The zero-order valence-electron chi connectivity index (χ0n) is 23.6. The van der Waals surface area contributed by atoms with Crippen LogP contribution >= 0.6 is 0 Å². The van der Waals surface area contributed by atoms with Gasteiger partial charge in [-0.3, -0.25) is 4.79 Å². The Bertz CT molecular complexity index is 1460. The van der Waals surface area contributed by atoms with Crippen molar-refractivity contribution in [3.05, 3.63) is 120 Å². The van der Waals surface area contributed by atoms with Gasteiger partial charge in [0.05, 0.1) is 0 Å². The van der Waals surface area contributed by atoms with E-state index in [9.17, 15) is 14.4 Å². The predicted molar refractivity (Wildman–Crippen MR) is 159 cm³/mol. The van der Waals surface area contributed by atoms with E-state index in [1.807, 2.05) is 103 Å². The van der Waals surface area contributed by atoms with Crippen LogP contribution < -0.4 is 10.6 Å². The standard InChI is InChI=1S/C34H36N2O5/c1-34(2,3)41-33(39)36-29(21-24-13-6-4-7-14-24)31(37)35-30(32(38)40-23-25-15-8-5-9-16-25)22-27-19-12-18-26-17-10-11-20-28(26)27/h4-20,29-30H,21-23H2,1-3H3,(H,35,37)(H,36,39). The molecule has 4 aromatic carbocycles. The summed E-state index contributed by atoms with van der Waals surface area (Å²) >= 11 is 0. The topological polar surface area (TPSA) is 93.7 Å². The minimum absolute atomic E-state index is 0.0746. The fourth-order valence-corrected chi connectivity index (χ4v) is 4.49. The number of carbonyl (C=O) groups excluding carboxylic acids is 3. The van der Waals surface area contributed by atoms with E-state index in [0.29, 0.717) is 0 Å². The van der Waals surface area contributed by atoms with Crippen LogP contribution in [0.25, 0.3) is 10.8 Å². The molecule has 7 nitrogen and oxygen atoms in total. The molecule has 41 heavy (non-hydrogen) atoms. The van der Waals surface area contributed by atoms with Gasteiger partial charge in [-0.05, 0) is 48.2 Å². The molecule has 2 unspecified atom stereocenters. The second kappa shape index (κ2) is 13.6. The van der Waals surface area contributed by atoms with Crippen LogP contribution in [0.4, 0.5) is 4.79 Å². The van der Waals surface area contributed by atoms with Crippen LogP contribution in [0.15, 0.2) is 103 Å². The second-order valence-corrected chi connectivity index (χ2v) is 10.9. The average molecular weight is 553 g/mol. The first-order valence-electron chi connectivity index (χ1n) is 13.7. The molecule has 2 N–H and O–H groups in total. The van der Waals surface area contributed by atoms with Crippen LogP contribution in [0.2, 0.25) is 0 Å². The van der Waals surface area contributed by atoms with Crippen molar-refractivity contribution in [3.63, 3.8) is 0 Å². The number of amides is 2. The molecule has 0 bridgehead atoms. The molecule has 2 amide bonds. The van der Waals surface area contributed by atoms with E-state index in [0.717, 1.165) is 27.5 Å². The van der Waals surface area contributed by atoms with Gasteiger partial charge in [0.25, 0.3) is 0 Å². The number of hydrogen-bond acceptors (Lipinski definition) is 5. The highest BCUT2D eigenvalue weighted by atomic mass is 16.6. The lowest BCUT2D eigenvalue weighted by Crippen LogP contribution is -2.54. The number of hydrogen-bond donors (Lipinski definition) is 2. The largest absolute Gasteiger partial charge is 0.459 e. The summed E-state index contributed by atoms with van der Waals surface area (Å²) in [5.74, 6) is -1.08. The van der Waals surface area contributed by atoms with Gasteiger partial charge in [-0.15, -0.1) is 0 Å². The Morgan fingerprint density at radius 2 is 1.29 bits per heavy atom. The predicted octanol–water partition coefficient (Wildman–Crippen LogP) is 5.75. The number of ether oxygens (including phenoxy) is 2. The fraction of sp³-hybridized carbons (Fsp3) is 0.265. The lowest BCUT2D eigenvalue weighted by molar-refractivity contribution is -0.149. The molecule has 4 rings (SSSR count). The minimum atomic E-state index is -0.990. The lowest BCUT2D eigenvalue weighted by Gasteiger charge is -2.25. The van der Waals surface area contributed by atoms with Gasteiger partial charge in [0.1, 0.15) is 24.3 Å². The summed E-state index contributed by atoms with van der Waals surface area (Å²) in [7, 11) is 0. The number of benzene rings is 4. The molecule has 0 heterocycles. The van der Waals surface area contributed by atoms with E-state index in [1.54, 1.807) is 20.8 Å². The molecule has 0 aromatic heterocycles. The molecule has 2 atom stereocenters. The molecular formula is C34H36N2O5. The zero-order chi connectivity index (χ0) is 29.2. The van der Waals surface area contributed by atoms with Gasteiger partial charge in [0.15, 0.2) is 0 Å². The van der Waals surface area contributed by atoms with E-state index in [2.05, 4.69) is 10.6 Å². The SMILES string of the molecule is CC(C)(C)OC(=O)NC(Cc1ccccc1)C(=O)NC(Cc1cccc2ccccc12)C(=O)OCc1ccccc1. The Morgan fingerprint density at radius 3 is 1.98 bits per heavy atom. The van der Waals surface area contributed by atoms with Crippen LogP contribution in [0.3, 0.4) is 0 Å². The fourth-order valence-electron chi connectivity index (χ4n) is 4.49. The highest BCUT2D eigenvalue weighted by Crippen LogP contribution is 2.20. The highest BCUT2D eigenvalue weighted by Gasteiger charge is 2.30. The third-order valence-corrected chi connectivity index (χ3v) is 6.42. The maximum atomic E-state index is 13.7. The Hall–Kier alpha value is -4.65. The summed E-state index contributed by atoms with van der Waals surface area (Å²) in [5.41, 5.74) is 1.84. The molecule has 212 valence electrons. The van der Waals surface area contributed by atoms with E-state index < -0.39 is 35.7 Å². The first-order valence-corrected chi connectivity index (χ1v) is 13.7. The maximum Gasteiger partial charge on any atom is 0.408 e. The molecule has 0 saturated heterocycles. The van der Waals surface area contributed by atoms with Crippen molar-refractivity contribution in [1.82, 2.24) is 10.6 Å². The van der Waals surface area contributed by atoms with Gasteiger partial charge in [0.2, 0.25) is 5.91 Å². The van der Waals surface area contributed by atoms with Crippen LogP contribution in [0.5, 0.6) is 0 Å². The van der Waals surface area contributed by atoms with Gasteiger partial charge in [-0.25, -0.2) is 9.59 Å². The van der Waals surface area contributed by atoms with Gasteiger partial charge in [-0.1, -0.05) is 103 Å². The zero-order valence-corrected chi connectivity index (χ0v) is 23.6. The summed E-state index contributed by atoms with van der Waals surface area (Å²) in [6.07, 6.45) is -0.289. The van der Waals surface area contributed by atoms with Gasteiger partial charge in [0, 0.05) is 12.8 Å². The monoisotopic (exact) mass is 552 g/mol. The normalized spacial score (nSPS) is 12.7. The third kappa shape index (κ3) is 8.93. The second-order valence-electron chi connectivity index (χ2n) is 10.9. The quantitative estimate of drug-likeness (QED) is 0.245. The first kappa shape index (κ1) is 29.3. The highest BCUT2D eigenvalue weighted by molar-refractivity contribution is 5.91. The smallest absolute Gasteiger partial charge is 0.408 e. The van der Waals surface area contributed by atoms with Gasteiger partial charge >= 0.3 is 12.1 Å². The molecule has 0 aliphatic rings. The van der Waals surface area contributed by atoms with Crippen LogP contribution in [-0.2, 0) is 38.5 Å². The van der Waals surface area contributed by atoms with Crippen molar-refractivity contribution >= 4 is 28.7 Å². The van der Waals surface area contributed by atoms with Crippen LogP contribution in [0.1, 0.15) is 37.5 Å².